The summed E-state index contributed by atoms with van der Waals surface area (Å²) in [6, 6.07) is 2.51. The fourth-order valence-corrected chi connectivity index (χ4v) is 1.61. The lowest BCUT2D eigenvalue weighted by Crippen LogP contribution is -2.19. The highest BCUT2D eigenvalue weighted by molar-refractivity contribution is 5.51. The highest BCUT2D eigenvalue weighted by Gasteiger charge is 2.24. The molecule has 1 aliphatic rings. The number of nitrogen functional groups attached to an aromatic ring is 1. The number of hydrogen-bond acceptors (Lipinski definition) is 3. The Morgan fingerprint density at radius 2 is 2.31 bits per heavy atom. The van der Waals surface area contributed by atoms with Crippen molar-refractivity contribution in [1.82, 2.24) is 9.78 Å². The molecule has 1 aromatic rings. The Hall–Kier alpha value is -1.50. The molecule has 68 valence electrons. The Morgan fingerprint density at radius 1 is 1.62 bits per heavy atom. The highest BCUT2D eigenvalue weighted by Crippen LogP contribution is 2.34. The van der Waals surface area contributed by atoms with Crippen molar-refractivity contribution in [2.75, 3.05) is 5.73 Å². The molecule has 0 amide bonds. The van der Waals surface area contributed by atoms with Gasteiger partial charge in [-0.15, -0.1) is 0 Å². The average Bonchev–Trinajstić information content (AvgIpc) is 2.25. The van der Waals surface area contributed by atoms with Gasteiger partial charge in [-0.1, -0.05) is 0 Å². The molecule has 2 rings (SSSR count). The molecule has 1 fully saturated rings. The Balaban J connectivity index is 2.42. The fraction of sp³-hybridized carbons (Fsp3) is 0.556. The van der Waals surface area contributed by atoms with Crippen LogP contribution in [0.25, 0.3) is 0 Å². The van der Waals surface area contributed by atoms with E-state index in [1.807, 2.05) is 6.92 Å². The van der Waals surface area contributed by atoms with E-state index in [4.69, 9.17) is 11.0 Å². The van der Waals surface area contributed by atoms with Crippen molar-refractivity contribution in [2.45, 2.75) is 32.2 Å². The molecule has 13 heavy (non-hydrogen) atoms. The van der Waals surface area contributed by atoms with E-state index in [-0.39, 0.29) is 0 Å². The summed E-state index contributed by atoms with van der Waals surface area (Å²) in [6.07, 6.45) is 3.51. The first-order valence-electron chi connectivity index (χ1n) is 4.48. The minimum absolute atomic E-state index is 0.431. The number of aromatic nitrogens is 2. The Kier molecular flexibility index (Phi) is 1.73. The molecule has 0 saturated heterocycles. The van der Waals surface area contributed by atoms with Crippen molar-refractivity contribution in [3.8, 4) is 6.07 Å². The minimum Gasteiger partial charge on any atom is -0.383 e. The van der Waals surface area contributed by atoms with Gasteiger partial charge < -0.3 is 5.73 Å². The predicted molar refractivity (Wildman–Crippen MR) is 49.0 cm³/mol. The van der Waals surface area contributed by atoms with Crippen LogP contribution in [0.3, 0.4) is 0 Å². The number of nitriles is 1. The first-order chi connectivity index (χ1) is 6.24. The van der Waals surface area contributed by atoms with E-state index >= 15 is 0 Å². The summed E-state index contributed by atoms with van der Waals surface area (Å²) in [7, 11) is 0. The van der Waals surface area contributed by atoms with Crippen molar-refractivity contribution in [1.29, 1.82) is 5.26 Å². The maximum absolute atomic E-state index is 8.80. The van der Waals surface area contributed by atoms with Crippen molar-refractivity contribution in [2.24, 2.45) is 0 Å². The van der Waals surface area contributed by atoms with Crippen LogP contribution < -0.4 is 5.73 Å². The van der Waals surface area contributed by atoms with Crippen LogP contribution in [0, 0.1) is 18.3 Å². The molecule has 4 heteroatoms. The van der Waals surface area contributed by atoms with E-state index in [1.54, 1.807) is 4.68 Å². The quantitative estimate of drug-likeness (QED) is 0.702. The van der Waals surface area contributed by atoms with Gasteiger partial charge in [-0.2, -0.15) is 10.4 Å². The van der Waals surface area contributed by atoms with E-state index in [1.165, 1.54) is 6.42 Å². The minimum atomic E-state index is 0.431. The highest BCUT2D eigenvalue weighted by atomic mass is 15.3. The third-order valence-corrected chi connectivity index (χ3v) is 2.65. The van der Waals surface area contributed by atoms with Gasteiger partial charge >= 0.3 is 0 Å². The monoisotopic (exact) mass is 176 g/mol. The second-order valence-corrected chi connectivity index (χ2v) is 3.49. The van der Waals surface area contributed by atoms with E-state index < -0.39 is 0 Å². The van der Waals surface area contributed by atoms with Crippen LogP contribution in [0.1, 0.15) is 36.6 Å². The summed E-state index contributed by atoms with van der Waals surface area (Å²) < 4.78 is 1.80. The van der Waals surface area contributed by atoms with Crippen LogP contribution >= 0.6 is 0 Å². The number of aryl methyl sites for hydroxylation is 1. The summed E-state index contributed by atoms with van der Waals surface area (Å²) in [4.78, 5) is 0. The van der Waals surface area contributed by atoms with Crippen LogP contribution in [0.5, 0.6) is 0 Å². The molecule has 0 bridgehead atoms. The van der Waals surface area contributed by atoms with Gasteiger partial charge in [0.05, 0.1) is 11.7 Å². The fourth-order valence-electron chi connectivity index (χ4n) is 1.61. The van der Waals surface area contributed by atoms with Crippen molar-refractivity contribution in [3.63, 3.8) is 0 Å². The molecule has 1 aromatic heterocycles. The van der Waals surface area contributed by atoms with Crippen LogP contribution in [0.4, 0.5) is 5.82 Å². The van der Waals surface area contributed by atoms with E-state index in [2.05, 4.69) is 11.2 Å². The maximum Gasteiger partial charge on any atom is 0.140 e. The van der Waals surface area contributed by atoms with Gasteiger partial charge in [-0.25, -0.2) is 4.68 Å². The van der Waals surface area contributed by atoms with Gasteiger partial charge in [0, 0.05) is 0 Å². The lowest BCUT2D eigenvalue weighted by Gasteiger charge is -2.26. The largest absolute Gasteiger partial charge is 0.383 e. The lowest BCUT2D eigenvalue weighted by atomic mass is 9.93. The van der Waals surface area contributed by atoms with Crippen LogP contribution in [0.2, 0.25) is 0 Å². The maximum atomic E-state index is 8.80. The number of hydrogen-bond donors (Lipinski definition) is 1. The van der Waals surface area contributed by atoms with Crippen molar-refractivity contribution in [3.05, 3.63) is 11.3 Å². The summed E-state index contributed by atoms with van der Waals surface area (Å²) in [5, 5.41) is 13.1. The Morgan fingerprint density at radius 3 is 2.69 bits per heavy atom. The molecule has 0 spiro atoms. The smallest absolute Gasteiger partial charge is 0.140 e. The van der Waals surface area contributed by atoms with Gasteiger partial charge in [-0.05, 0) is 26.2 Å². The van der Waals surface area contributed by atoms with Gasteiger partial charge in [0.25, 0.3) is 0 Å². The van der Waals surface area contributed by atoms with Crippen LogP contribution in [0.15, 0.2) is 0 Å². The zero-order chi connectivity index (χ0) is 9.42. The van der Waals surface area contributed by atoms with Gasteiger partial charge in [0.15, 0.2) is 0 Å². The van der Waals surface area contributed by atoms with Gasteiger partial charge in [-0.3, -0.25) is 0 Å². The molecule has 0 aromatic carbocycles. The zero-order valence-electron chi connectivity index (χ0n) is 7.62. The molecule has 1 aliphatic carbocycles. The molecular formula is C9H12N4. The van der Waals surface area contributed by atoms with Gasteiger partial charge in [0.1, 0.15) is 17.5 Å². The summed E-state index contributed by atoms with van der Waals surface area (Å²) in [5.74, 6) is 0.532. The summed E-state index contributed by atoms with van der Waals surface area (Å²) in [6.45, 7) is 1.82. The number of nitrogens with zero attached hydrogens (tertiary/aromatic N) is 3. The number of anilines is 1. The molecule has 4 nitrogen and oxygen atoms in total. The second-order valence-electron chi connectivity index (χ2n) is 3.49. The standard InChI is InChI=1S/C9H12N4/c1-6-8(5-10)9(11)13(12-6)7-3-2-4-7/h7H,2-4,11H2,1H3. The summed E-state index contributed by atoms with van der Waals surface area (Å²) >= 11 is 0. The molecule has 0 radical (unpaired) electrons. The summed E-state index contributed by atoms with van der Waals surface area (Å²) in [5.41, 5.74) is 7.08. The predicted octanol–water partition coefficient (Wildman–Crippen LogP) is 1.37. The third kappa shape index (κ3) is 1.08. The Bertz CT molecular complexity index is 368. The second kappa shape index (κ2) is 2.77. The molecule has 0 atom stereocenters. The van der Waals surface area contributed by atoms with Gasteiger partial charge in [0.2, 0.25) is 0 Å². The first-order valence-corrected chi connectivity index (χ1v) is 4.48. The van der Waals surface area contributed by atoms with Crippen LogP contribution in [-0.2, 0) is 0 Å². The number of nitrogens with two attached hydrogens (primary N) is 1. The molecule has 2 N–H and O–H groups in total. The molecule has 1 saturated carbocycles. The molecule has 0 unspecified atom stereocenters. The molecular weight excluding hydrogens is 164 g/mol. The van der Waals surface area contributed by atoms with Crippen molar-refractivity contribution >= 4 is 5.82 Å². The molecule has 1 heterocycles. The topological polar surface area (TPSA) is 67.6 Å². The first kappa shape index (κ1) is 8.11. The zero-order valence-corrected chi connectivity index (χ0v) is 7.62. The lowest BCUT2D eigenvalue weighted by molar-refractivity contribution is 0.292. The average molecular weight is 176 g/mol. The van der Waals surface area contributed by atoms with E-state index in [0.717, 1.165) is 18.5 Å². The SMILES string of the molecule is Cc1nn(C2CCC2)c(N)c1C#N. The number of rotatable bonds is 1. The van der Waals surface area contributed by atoms with E-state index in [0.29, 0.717) is 17.4 Å². The van der Waals surface area contributed by atoms with Crippen LogP contribution in [-0.4, -0.2) is 9.78 Å². The third-order valence-electron chi connectivity index (χ3n) is 2.65. The Labute approximate surface area is 77.0 Å². The van der Waals surface area contributed by atoms with E-state index in [9.17, 15) is 0 Å². The van der Waals surface area contributed by atoms with Crippen molar-refractivity contribution < 1.29 is 0 Å². The normalized spacial score (nSPS) is 16.6. The molecule has 0 aliphatic heterocycles.